The number of aliphatic imine (C=N–C) groups is 1. The molecular weight excluding hydrogens is 252 g/mol. The van der Waals surface area contributed by atoms with Crippen LogP contribution in [0.4, 0.5) is 0 Å². The number of hydrogen-bond donors (Lipinski definition) is 2. The van der Waals surface area contributed by atoms with Crippen LogP contribution in [0.1, 0.15) is 31.4 Å². The largest absolute Gasteiger partial charge is 0.356 e. The number of hydrogen-bond acceptors (Lipinski definition) is 3. The first-order chi connectivity index (χ1) is 9.58. The summed E-state index contributed by atoms with van der Waals surface area (Å²) in [5, 5.41) is 10.9. The molecule has 1 aromatic heterocycles. The predicted molar refractivity (Wildman–Crippen MR) is 83.9 cm³/mol. The molecule has 1 atom stereocenters. The molecule has 6 nitrogen and oxygen atoms in total. The molecule has 0 fully saturated rings. The number of nitrogens with zero attached hydrogens (tertiary/aromatic N) is 4. The van der Waals surface area contributed by atoms with E-state index in [1.165, 1.54) is 12.0 Å². The Morgan fingerprint density at radius 2 is 2.20 bits per heavy atom. The lowest BCUT2D eigenvalue weighted by Gasteiger charge is -2.24. The molecule has 0 aliphatic carbocycles. The second kappa shape index (κ2) is 8.58. The van der Waals surface area contributed by atoms with Crippen molar-refractivity contribution in [3.8, 4) is 0 Å². The second-order valence-electron chi connectivity index (χ2n) is 5.16. The molecule has 0 saturated heterocycles. The van der Waals surface area contributed by atoms with Crippen LogP contribution in [0.2, 0.25) is 0 Å². The van der Waals surface area contributed by atoms with Crippen molar-refractivity contribution in [1.29, 1.82) is 0 Å². The predicted octanol–water partition coefficient (Wildman–Crippen LogP) is 0.988. The molecule has 6 heteroatoms. The Hall–Kier alpha value is -1.56. The molecular formula is C14H28N6. The topological polar surface area (TPSA) is 57.5 Å². The van der Waals surface area contributed by atoms with Gasteiger partial charge in [0.05, 0.1) is 12.2 Å². The highest BCUT2D eigenvalue weighted by Crippen LogP contribution is 2.15. The maximum Gasteiger partial charge on any atom is 0.191 e. The third-order valence-electron chi connectivity index (χ3n) is 3.24. The fourth-order valence-corrected chi connectivity index (χ4v) is 2.01. The number of unbranched alkanes of at least 4 members (excludes halogenated alkanes) is 1. The van der Waals surface area contributed by atoms with Crippen LogP contribution in [-0.4, -0.2) is 54.9 Å². The Balaban J connectivity index is 2.54. The SMILES string of the molecule is CCCCNC(=NC)NCC(c1cnn(C)c1)N(C)C. The summed E-state index contributed by atoms with van der Waals surface area (Å²) in [6.45, 7) is 3.93. The number of likely N-dealkylation sites (N-methyl/N-ethyl adjacent to an activating group) is 1. The summed E-state index contributed by atoms with van der Waals surface area (Å²) in [5.74, 6) is 0.856. The summed E-state index contributed by atoms with van der Waals surface area (Å²) in [6, 6.07) is 0.272. The molecule has 114 valence electrons. The van der Waals surface area contributed by atoms with Gasteiger partial charge in [0.2, 0.25) is 0 Å². The fourth-order valence-electron chi connectivity index (χ4n) is 2.01. The highest BCUT2D eigenvalue weighted by molar-refractivity contribution is 5.79. The molecule has 0 radical (unpaired) electrons. The van der Waals surface area contributed by atoms with Crippen LogP contribution >= 0.6 is 0 Å². The maximum absolute atomic E-state index is 4.25. The van der Waals surface area contributed by atoms with E-state index in [0.717, 1.165) is 25.5 Å². The minimum Gasteiger partial charge on any atom is -0.356 e. The first-order valence-corrected chi connectivity index (χ1v) is 7.18. The number of guanidine groups is 1. The Bertz CT molecular complexity index is 410. The van der Waals surface area contributed by atoms with Crippen molar-refractivity contribution in [3.05, 3.63) is 18.0 Å². The van der Waals surface area contributed by atoms with Crippen LogP contribution in [0.25, 0.3) is 0 Å². The fraction of sp³-hybridized carbons (Fsp3) is 0.714. The van der Waals surface area contributed by atoms with Crippen molar-refractivity contribution in [2.24, 2.45) is 12.0 Å². The van der Waals surface area contributed by atoms with E-state index in [9.17, 15) is 0 Å². The third-order valence-corrected chi connectivity index (χ3v) is 3.24. The lowest BCUT2D eigenvalue weighted by atomic mass is 10.1. The third kappa shape index (κ3) is 5.21. The highest BCUT2D eigenvalue weighted by atomic mass is 15.3. The van der Waals surface area contributed by atoms with Gasteiger partial charge in [-0.05, 0) is 20.5 Å². The molecule has 0 spiro atoms. The van der Waals surface area contributed by atoms with E-state index >= 15 is 0 Å². The van der Waals surface area contributed by atoms with Crippen LogP contribution in [-0.2, 0) is 7.05 Å². The number of aryl methyl sites for hydroxylation is 1. The van der Waals surface area contributed by atoms with Crippen molar-refractivity contribution >= 4 is 5.96 Å². The maximum atomic E-state index is 4.25. The highest BCUT2D eigenvalue weighted by Gasteiger charge is 2.16. The first kappa shape index (κ1) is 16.5. The first-order valence-electron chi connectivity index (χ1n) is 7.18. The minimum atomic E-state index is 0.272. The summed E-state index contributed by atoms with van der Waals surface area (Å²) in [4.78, 5) is 6.43. The van der Waals surface area contributed by atoms with E-state index in [4.69, 9.17) is 0 Å². The molecule has 0 aromatic carbocycles. The molecule has 1 heterocycles. The number of rotatable bonds is 7. The van der Waals surface area contributed by atoms with Gasteiger partial charge < -0.3 is 15.5 Å². The quantitative estimate of drug-likeness (QED) is 0.444. The van der Waals surface area contributed by atoms with Crippen LogP contribution in [0.15, 0.2) is 17.4 Å². The van der Waals surface area contributed by atoms with Gasteiger partial charge in [0, 0.05) is 38.9 Å². The average Bonchev–Trinajstić information content (AvgIpc) is 2.83. The summed E-state index contributed by atoms with van der Waals surface area (Å²) in [5.41, 5.74) is 1.20. The Kier molecular flexibility index (Phi) is 7.08. The van der Waals surface area contributed by atoms with Crippen molar-refractivity contribution < 1.29 is 0 Å². The summed E-state index contributed by atoms with van der Waals surface area (Å²) < 4.78 is 1.83. The zero-order chi connectivity index (χ0) is 15.0. The molecule has 0 saturated carbocycles. The second-order valence-corrected chi connectivity index (χ2v) is 5.16. The van der Waals surface area contributed by atoms with Gasteiger partial charge in [-0.25, -0.2) is 0 Å². The molecule has 2 N–H and O–H groups in total. The van der Waals surface area contributed by atoms with Crippen molar-refractivity contribution in [2.45, 2.75) is 25.8 Å². The summed E-state index contributed by atoms with van der Waals surface area (Å²) >= 11 is 0. The molecule has 1 aromatic rings. The zero-order valence-corrected chi connectivity index (χ0v) is 13.3. The van der Waals surface area contributed by atoms with Crippen LogP contribution in [0.3, 0.4) is 0 Å². The van der Waals surface area contributed by atoms with Gasteiger partial charge in [-0.15, -0.1) is 0 Å². The van der Waals surface area contributed by atoms with Crippen LogP contribution in [0.5, 0.6) is 0 Å². The van der Waals surface area contributed by atoms with Gasteiger partial charge in [-0.1, -0.05) is 13.3 Å². The van der Waals surface area contributed by atoms with Gasteiger partial charge >= 0.3 is 0 Å². The summed E-state index contributed by atoms with van der Waals surface area (Å²) in [6.07, 6.45) is 6.31. The molecule has 0 bridgehead atoms. The van der Waals surface area contributed by atoms with E-state index in [2.05, 4.69) is 52.8 Å². The van der Waals surface area contributed by atoms with Gasteiger partial charge in [0.25, 0.3) is 0 Å². The molecule has 1 rings (SSSR count). The van der Waals surface area contributed by atoms with E-state index in [1.54, 1.807) is 7.05 Å². The van der Waals surface area contributed by atoms with Crippen molar-refractivity contribution in [1.82, 2.24) is 25.3 Å². The van der Waals surface area contributed by atoms with E-state index in [0.29, 0.717) is 0 Å². The zero-order valence-electron chi connectivity index (χ0n) is 13.3. The number of nitrogens with one attached hydrogen (secondary N) is 2. The van der Waals surface area contributed by atoms with Gasteiger partial charge in [0.1, 0.15) is 0 Å². The van der Waals surface area contributed by atoms with E-state index < -0.39 is 0 Å². The Morgan fingerprint density at radius 3 is 2.70 bits per heavy atom. The van der Waals surface area contributed by atoms with E-state index in [1.807, 2.05) is 17.9 Å². The van der Waals surface area contributed by atoms with Gasteiger partial charge in [-0.3, -0.25) is 9.67 Å². The Labute approximate surface area is 122 Å². The average molecular weight is 280 g/mol. The molecule has 20 heavy (non-hydrogen) atoms. The van der Waals surface area contributed by atoms with Gasteiger partial charge in [-0.2, -0.15) is 5.10 Å². The van der Waals surface area contributed by atoms with Crippen molar-refractivity contribution in [3.63, 3.8) is 0 Å². The molecule has 0 aliphatic heterocycles. The number of aromatic nitrogens is 2. The molecule has 0 amide bonds. The van der Waals surface area contributed by atoms with Crippen LogP contribution < -0.4 is 10.6 Å². The molecule has 1 unspecified atom stereocenters. The Morgan fingerprint density at radius 1 is 1.45 bits per heavy atom. The normalized spacial score (nSPS) is 13.6. The van der Waals surface area contributed by atoms with E-state index in [-0.39, 0.29) is 6.04 Å². The lowest BCUT2D eigenvalue weighted by molar-refractivity contribution is 0.298. The summed E-state index contributed by atoms with van der Waals surface area (Å²) in [7, 11) is 7.89. The minimum absolute atomic E-state index is 0.272. The lowest BCUT2D eigenvalue weighted by Crippen LogP contribution is -2.42. The monoisotopic (exact) mass is 280 g/mol. The van der Waals surface area contributed by atoms with Crippen LogP contribution in [0, 0.1) is 0 Å². The van der Waals surface area contributed by atoms with Gasteiger partial charge in [0.15, 0.2) is 5.96 Å². The smallest absolute Gasteiger partial charge is 0.191 e. The van der Waals surface area contributed by atoms with Crippen molar-refractivity contribution in [2.75, 3.05) is 34.2 Å². The standard InChI is InChI=1S/C14H28N6/c1-6-7-8-16-14(15-2)17-10-13(19(3)4)12-9-18-20(5)11-12/h9,11,13H,6-8,10H2,1-5H3,(H2,15,16,17). The molecule has 0 aliphatic rings.